The molecule has 42 heavy (non-hydrogen) atoms. The first-order valence-corrected chi connectivity index (χ1v) is 15.8. The van der Waals surface area contributed by atoms with Gasteiger partial charge >= 0.3 is 5.91 Å². The number of benzene rings is 3. The van der Waals surface area contributed by atoms with Crippen molar-refractivity contribution in [1.82, 2.24) is 10.2 Å². The van der Waals surface area contributed by atoms with E-state index in [2.05, 4.69) is 17.1 Å². The van der Waals surface area contributed by atoms with Crippen LogP contribution in [0.2, 0.25) is 0 Å². The first kappa shape index (κ1) is 29.5. The summed E-state index contributed by atoms with van der Waals surface area (Å²) in [4.78, 5) is 28.5. The fourth-order valence-corrected chi connectivity index (χ4v) is 6.67. The van der Waals surface area contributed by atoms with Crippen LogP contribution in [0.1, 0.15) is 60.0 Å². The number of carbonyl (C=O) groups excluding carboxylic acids is 2. The Balaban J connectivity index is 1.52. The normalized spacial score (nSPS) is 16.3. The topological polar surface area (TPSA) is 92.6 Å². The lowest BCUT2D eigenvalue weighted by Gasteiger charge is -2.23. The minimum absolute atomic E-state index is 0.0269. The molecule has 0 bridgehead atoms. The second-order valence-electron chi connectivity index (χ2n) is 10.2. The maximum Gasteiger partial charge on any atom is 0.301 e. The molecule has 0 spiro atoms. The van der Waals surface area contributed by atoms with Crippen LogP contribution in [0.3, 0.4) is 0 Å². The van der Waals surface area contributed by atoms with Gasteiger partial charge in [0.1, 0.15) is 11.5 Å². The highest BCUT2D eigenvalue weighted by Gasteiger charge is 2.48. The highest BCUT2D eigenvalue weighted by molar-refractivity contribution is 8.00. The van der Waals surface area contributed by atoms with Gasteiger partial charge in [0.05, 0.1) is 18.2 Å². The van der Waals surface area contributed by atoms with Crippen molar-refractivity contribution in [2.24, 2.45) is 0 Å². The number of aromatic nitrogens is 2. The number of carbonyl (C=O) groups is 2. The summed E-state index contributed by atoms with van der Waals surface area (Å²) < 4.78 is 6.57. The van der Waals surface area contributed by atoms with E-state index in [1.807, 2.05) is 86.6 Å². The number of anilines is 1. The van der Waals surface area contributed by atoms with Gasteiger partial charge in [0.25, 0.3) is 5.78 Å². The molecule has 2 heterocycles. The molecule has 0 radical (unpaired) electrons. The fourth-order valence-electron chi connectivity index (χ4n) is 4.85. The van der Waals surface area contributed by atoms with Gasteiger partial charge in [-0.05, 0) is 55.2 Å². The third kappa shape index (κ3) is 6.42. The van der Waals surface area contributed by atoms with E-state index in [0.717, 1.165) is 36.0 Å². The summed E-state index contributed by atoms with van der Waals surface area (Å²) in [5, 5.41) is 20.5. The number of Topliss-reactive ketones (excluding diaryl/α,β-unsaturated/α-hetero) is 1. The van der Waals surface area contributed by atoms with Gasteiger partial charge < -0.3 is 9.84 Å². The summed E-state index contributed by atoms with van der Waals surface area (Å²) in [6.45, 7) is 6.55. The zero-order valence-corrected chi connectivity index (χ0v) is 25.5. The maximum absolute atomic E-state index is 13.6. The molecule has 1 unspecified atom stereocenters. The number of hydrogen-bond donors (Lipinski definition) is 1. The molecule has 1 amide bonds. The van der Waals surface area contributed by atoms with E-state index in [9.17, 15) is 14.7 Å². The molecule has 1 saturated heterocycles. The monoisotopic (exact) mass is 599 g/mol. The predicted molar refractivity (Wildman–Crippen MR) is 168 cm³/mol. The second-order valence-corrected chi connectivity index (χ2v) is 12.4. The van der Waals surface area contributed by atoms with Gasteiger partial charge in [-0.15, -0.1) is 10.2 Å². The molecule has 1 atom stereocenters. The van der Waals surface area contributed by atoms with Crippen molar-refractivity contribution < 1.29 is 19.4 Å². The van der Waals surface area contributed by atoms with Crippen LogP contribution in [0.4, 0.5) is 5.13 Å². The van der Waals surface area contributed by atoms with E-state index < -0.39 is 17.7 Å². The summed E-state index contributed by atoms with van der Waals surface area (Å²) in [6, 6.07) is 22.1. The highest BCUT2D eigenvalue weighted by Crippen LogP contribution is 2.44. The number of nitrogens with zero attached hydrogens (tertiary/aromatic N) is 3. The molecule has 1 aromatic heterocycles. The molecule has 0 aliphatic carbocycles. The molecule has 9 heteroatoms. The number of rotatable bonds is 11. The summed E-state index contributed by atoms with van der Waals surface area (Å²) in [7, 11) is 0. The number of aryl methyl sites for hydroxylation is 2. The van der Waals surface area contributed by atoms with Gasteiger partial charge in [0.2, 0.25) is 5.13 Å². The average molecular weight is 600 g/mol. The SMILES string of the molecule is CCCCCOc1ccc(C2/C(=C(\O)c3cc(C)ccc3C)C(=O)C(=O)N2c2nnc(SCc3ccccc3)s2)cc1. The van der Waals surface area contributed by atoms with E-state index in [1.165, 1.54) is 28.0 Å². The van der Waals surface area contributed by atoms with Crippen LogP contribution in [-0.4, -0.2) is 33.6 Å². The van der Waals surface area contributed by atoms with E-state index in [4.69, 9.17) is 4.74 Å². The molecule has 7 nitrogen and oxygen atoms in total. The smallest absolute Gasteiger partial charge is 0.301 e. The number of thioether (sulfide) groups is 1. The van der Waals surface area contributed by atoms with Gasteiger partial charge in [-0.25, -0.2) is 0 Å². The minimum atomic E-state index is -0.876. The van der Waals surface area contributed by atoms with E-state index >= 15 is 0 Å². The quantitative estimate of drug-likeness (QED) is 0.0473. The molecule has 1 fully saturated rings. The van der Waals surface area contributed by atoms with Crippen LogP contribution in [0.15, 0.2) is 82.7 Å². The van der Waals surface area contributed by atoms with Crippen LogP contribution >= 0.6 is 23.1 Å². The van der Waals surface area contributed by atoms with Crippen LogP contribution in [0.5, 0.6) is 5.75 Å². The minimum Gasteiger partial charge on any atom is -0.507 e. The number of unbranched alkanes of at least 4 members (excludes halogenated alkanes) is 2. The fraction of sp³-hybridized carbons (Fsp3) is 0.273. The molecule has 216 valence electrons. The van der Waals surface area contributed by atoms with Gasteiger partial charge in [-0.1, -0.05) is 103 Å². The number of aliphatic hydroxyl groups excluding tert-OH is 1. The van der Waals surface area contributed by atoms with Crippen LogP contribution in [-0.2, 0) is 15.3 Å². The van der Waals surface area contributed by atoms with Crippen molar-refractivity contribution in [3.63, 3.8) is 0 Å². The summed E-state index contributed by atoms with van der Waals surface area (Å²) >= 11 is 2.77. The van der Waals surface area contributed by atoms with Crippen molar-refractivity contribution in [2.45, 2.75) is 56.2 Å². The lowest BCUT2D eigenvalue weighted by molar-refractivity contribution is -0.132. The van der Waals surface area contributed by atoms with Gasteiger partial charge in [0, 0.05) is 11.3 Å². The molecule has 4 aromatic rings. The Kier molecular flexibility index (Phi) is 9.39. The summed E-state index contributed by atoms with van der Waals surface area (Å²) in [5.41, 5.74) is 4.08. The van der Waals surface area contributed by atoms with Crippen LogP contribution in [0, 0.1) is 13.8 Å². The molecular weight excluding hydrogens is 567 g/mol. The third-order valence-electron chi connectivity index (χ3n) is 7.11. The molecule has 1 N–H and O–H groups in total. The van der Waals surface area contributed by atoms with Gasteiger partial charge in [-0.3, -0.25) is 14.5 Å². The van der Waals surface area contributed by atoms with Crippen LogP contribution < -0.4 is 9.64 Å². The zero-order valence-electron chi connectivity index (χ0n) is 23.9. The second kappa shape index (κ2) is 13.4. The lowest BCUT2D eigenvalue weighted by Crippen LogP contribution is -2.29. The molecular formula is C33H33N3O4S2. The van der Waals surface area contributed by atoms with Crippen LogP contribution in [0.25, 0.3) is 5.76 Å². The number of ketones is 1. The number of hydrogen-bond acceptors (Lipinski definition) is 8. The van der Waals surface area contributed by atoms with Crippen molar-refractivity contribution >= 4 is 45.7 Å². The molecule has 0 saturated carbocycles. The molecule has 1 aliphatic rings. The first-order chi connectivity index (χ1) is 20.4. The highest BCUT2D eigenvalue weighted by atomic mass is 32.2. The van der Waals surface area contributed by atoms with E-state index in [1.54, 1.807) is 0 Å². The summed E-state index contributed by atoms with van der Waals surface area (Å²) in [6.07, 6.45) is 3.17. The predicted octanol–water partition coefficient (Wildman–Crippen LogP) is 7.64. The Morgan fingerprint density at radius 2 is 1.76 bits per heavy atom. The van der Waals surface area contributed by atoms with E-state index in [-0.39, 0.29) is 11.3 Å². The maximum atomic E-state index is 13.6. The van der Waals surface area contributed by atoms with E-state index in [0.29, 0.717) is 38.7 Å². The van der Waals surface area contributed by atoms with Crippen molar-refractivity contribution in [1.29, 1.82) is 0 Å². The number of amides is 1. The Morgan fingerprint density at radius 1 is 1.00 bits per heavy atom. The Bertz CT molecular complexity index is 1600. The van der Waals surface area contributed by atoms with Gasteiger partial charge in [-0.2, -0.15) is 0 Å². The Labute approximate surface area is 254 Å². The number of aliphatic hydroxyl groups is 1. The first-order valence-electron chi connectivity index (χ1n) is 14.0. The third-order valence-corrected chi connectivity index (χ3v) is 9.24. The standard InChI is InChI=1S/C33H33N3O4S2/c1-4-5-9-18-40-25-16-14-24(15-17-25)28-27(29(37)26-19-21(2)12-13-22(26)3)30(38)31(39)36(28)32-34-35-33(42-32)41-20-23-10-7-6-8-11-23/h6-8,10-17,19,28,37H,4-5,9,18,20H2,1-3H3/b29-27+. The zero-order chi connectivity index (χ0) is 29.6. The van der Waals surface area contributed by atoms with Gasteiger partial charge in [0.15, 0.2) is 4.34 Å². The summed E-state index contributed by atoms with van der Waals surface area (Å²) in [5.74, 6) is -0.305. The molecule has 5 rings (SSSR count). The Morgan fingerprint density at radius 3 is 2.50 bits per heavy atom. The lowest BCUT2D eigenvalue weighted by atomic mass is 9.93. The van der Waals surface area contributed by atoms with Crippen molar-refractivity contribution in [2.75, 3.05) is 11.5 Å². The van der Waals surface area contributed by atoms with Crippen molar-refractivity contribution in [3.8, 4) is 5.75 Å². The Hall–Kier alpha value is -3.95. The average Bonchev–Trinajstić information content (AvgIpc) is 3.58. The number of ether oxygens (including phenoxy) is 1. The molecule has 3 aromatic carbocycles. The van der Waals surface area contributed by atoms with Crippen molar-refractivity contribution in [3.05, 3.63) is 106 Å². The largest absolute Gasteiger partial charge is 0.507 e. The molecule has 1 aliphatic heterocycles.